The van der Waals surface area contributed by atoms with Crippen molar-refractivity contribution in [3.63, 3.8) is 0 Å². The third kappa shape index (κ3) is 3.10. The van der Waals surface area contributed by atoms with Crippen LogP contribution in [0.4, 0.5) is 0 Å². The van der Waals surface area contributed by atoms with Crippen molar-refractivity contribution >= 4 is 32.5 Å². The predicted octanol–water partition coefficient (Wildman–Crippen LogP) is 2.40. The first-order chi connectivity index (χ1) is 6.12. The fraction of sp³-hybridized carbons (Fsp3) is 1.00. The highest BCUT2D eigenvalue weighted by Crippen LogP contribution is 2.48. The zero-order valence-corrected chi connectivity index (χ0v) is 10.7. The first kappa shape index (κ1) is 11.8. The topological polar surface area (TPSA) is 18.5 Å². The van der Waals surface area contributed by atoms with Gasteiger partial charge in [0.2, 0.25) is 0 Å². The van der Waals surface area contributed by atoms with E-state index in [0.717, 1.165) is 12.8 Å². The number of hydrogen-bond acceptors (Lipinski definition) is 2. The van der Waals surface area contributed by atoms with Crippen molar-refractivity contribution in [1.29, 1.82) is 0 Å². The maximum absolute atomic E-state index is 6.23. The van der Waals surface area contributed by atoms with Gasteiger partial charge in [-0.15, -0.1) is 0 Å². The van der Waals surface area contributed by atoms with E-state index in [1.807, 2.05) is 13.8 Å². The van der Waals surface area contributed by atoms with Crippen LogP contribution in [-0.2, 0) is 8.85 Å². The van der Waals surface area contributed by atoms with E-state index in [9.17, 15) is 0 Å². The minimum Gasteiger partial charge on any atom is -0.395 e. The summed E-state index contributed by atoms with van der Waals surface area (Å²) in [5.41, 5.74) is 0. The lowest BCUT2D eigenvalue weighted by atomic mass is 10.5. The number of halogens is 2. The molecule has 2 nitrogen and oxygen atoms in total. The van der Waals surface area contributed by atoms with Crippen LogP contribution in [0, 0.1) is 5.92 Å². The van der Waals surface area contributed by atoms with Crippen LogP contribution in [0.25, 0.3) is 0 Å². The molecule has 1 saturated carbocycles. The lowest BCUT2D eigenvalue weighted by Gasteiger charge is -2.26. The van der Waals surface area contributed by atoms with Crippen molar-refractivity contribution in [3.8, 4) is 0 Å². The molecule has 0 saturated heterocycles. The molecule has 0 radical (unpaired) electrons. The minimum atomic E-state index is -1.91. The van der Waals surface area contributed by atoms with Gasteiger partial charge in [0.05, 0.1) is 0 Å². The first-order valence-electron chi connectivity index (χ1n) is 4.73. The van der Waals surface area contributed by atoms with Gasteiger partial charge in [0, 0.05) is 13.2 Å². The lowest BCUT2D eigenvalue weighted by molar-refractivity contribution is 0.205. The molecule has 0 N–H and O–H groups in total. The van der Waals surface area contributed by atoms with Crippen molar-refractivity contribution in [3.05, 3.63) is 0 Å². The highest BCUT2D eigenvalue weighted by molar-refractivity contribution is 6.77. The second kappa shape index (κ2) is 4.98. The SMILES string of the molecule is CCO[SiH](OCC)C(Cl)(Cl)C1CC1. The molecule has 1 fully saturated rings. The van der Waals surface area contributed by atoms with Crippen LogP contribution < -0.4 is 0 Å². The van der Waals surface area contributed by atoms with E-state index >= 15 is 0 Å². The van der Waals surface area contributed by atoms with Crippen LogP contribution in [0.2, 0.25) is 0 Å². The molecule has 1 aliphatic carbocycles. The zero-order chi connectivity index (χ0) is 9.90. The Morgan fingerprint density at radius 3 is 2.00 bits per heavy atom. The maximum atomic E-state index is 6.23. The molecule has 78 valence electrons. The van der Waals surface area contributed by atoms with E-state index in [-0.39, 0.29) is 0 Å². The smallest absolute Gasteiger partial charge is 0.359 e. The van der Waals surface area contributed by atoms with Gasteiger partial charge in [-0.25, -0.2) is 0 Å². The maximum Gasteiger partial charge on any atom is 0.359 e. The monoisotopic (exact) mass is 242 g/mol. The van der Waals surface area contributed by atoms with Crippen molar-refractivity contribution < 1.29 is 8.85 Å². The molecular formula is C8H16Cl2O2Si. The minimum absolute atomic E-state index is 0.394. The second-order valence-corrected chi connectivity index (χ2v) is 7.61. The van der Waals surface area contributed by atoms with Crippen LogP contribution in [0.5, 0.6) is 0 Å². The van der Waals surface area contributed by atoms with Crippen molar-refractivity contribution in [2.45, 2.75) is 30.6 Å². The van der Waals surface area contributed by atoms with E-state index < -0.39 is 13.2 Å². The van der Waals surface area contributed by atoms with Gasteiger partial charge in [-0.3, -0.25) is 0 Å². The summed E-state index contributed by atoms with van der Waals surface area (Å²) >= 11 is 12.5. The Morgan fingerprint density at radius 2 is 1.69 bits per heavy atom. The summed E-state index contributed by atoms with van der Waals surface area (Å²) in [4.78, 5) is 0. The highest BCUT2D eigenvalue weighted by Gasteiger charge is 2.51. The van der Waals surface area contributed by atoms with Crippen LogP contribution in [0.15, 0.2) is 0 Å². The molecule has 0 aromatic carbocycles. The molecule has 1 aliphatic rings. The summed E-state index contributed by atoms with van der Waals surface area (Å²) in [6, 6.07) is 0. The van der Waals surface area contributed by atoms with Crippen LogP contribution in [-0.4, -0.2) is 26.5 Å². The molecule has 0 amide bonds. The van der Waals surface area contributed by atoms with Crippen LogP contribution in [0.3, 0.4) is 0 Å². The van der Waals surface area contributed by atoms with Gasteiger partial charge in [0.25, 0.3) is 0 Å². The summed E-state index contributed by atoms with van der Waals surface area (Å²) < 4.78 is 10.3. The summed E-state index contributed by atoms with van der Waals surface area (Å²) in [5, 5.41) is 0. The quantitative estimate of drug-likeness (QED) is 0.527. The Labute approximate surface area is 91.3 Å². The van der Waals surface area contributed by atoms with E-state index in [0.29, 0.717) is 19.1 Å². The summed E-state index contributed by atoms with van der Waals surface area (Å²) in [5.74, 6) is 0.394. The molecule has 0 unspecified atom stereocenters. The lowest BCUT2D eigenvalue weighted by Crippen LogP contribution is -2.43. The molecule has 0 aromatic rings. The predicted molar refractivity (Wildman–Crippen MR) is 57.6 cm³/mol. The standard InChI is InChI=1S/C8H16Cl2O2Si/c1-3-11-13(12-4-2)8(9,10)7-5-6-7/h7,13H,3-6H2,1-2H3. The molecule has 1 rings (SSSR count). The fourth-order valence-corrected chi connectivity index (χ4v) is 4.29. The number of hydrogen-bond donors (Lipinski definition) is 0. The van der Waals surface area contributed by atoms with Crippen molar-refractivity contribution in [2.75, 3.05) is 13.2 Å². The van der Waals surface area contributed by atoms with Gasteiger partial charge in [-0.2, -0.15) is 0 Å². The van der Waals surface area contributed by atoms with Gasteiger partial charge in [-0.05, 0) is 32.6 Å². The average Bonchev–Trinajstić information content (AvgIpc) is 2.86. The second-order valence-electron chi connectivity index (χ2n) is 3.19. The average molecular weight is 243 g/mol. The number of rotatable bonds is 6. The van der Waals surface area contributed by atoms with E-state index in [1.165, 1.54) is 0 Å². The number of alkyl halides is 2. The van der Waals surface area contributed by atoms with Gasteiger partial charge in [0.15, 0.2) is 3.96 Å². The molecular weight excluding hydrogens is 227 g/mol. The largest absolute Gasteiger partial charge is 0.395 e. The first-order valence-corrected chi connectivity index (χ1v) is 7.01. The summed E-state index contributed by atoms with van der Waals surface area (Å²) in [7, 11) is -1.91. The fourth-order valence-electron chi connectivity index (χ4n) is 1.23. The summed E-state index contributed by atoms with van der Waals surface area (Å²) in [6.07, 6.45) is 2.22. The Balaban J connectivity index is 2.49. The van der Waals surface area contributed by atoms with Crippen molar-refractivity contribution in [2.24, 2.45) is 5.92 Å². The van der Waals surface area contributed by atoms with Gasteiger partial charge >= 0.3 is 9.28 Å². The molecule has 0 atom stereocenters. The normalized spacial score (nSPS) is 18.2. The Bertz CT molecular complexity index is 156. The molecule has 0 spiro atoms. The molecule has 0 aromatic heterocycles. The Kier molecular flexibility index (Phi) is 4.52. The van der Waals surface area contributed by atoms with E-state index in [4.69, 9.17) is 32.1 Å². The zero-order valence-electron chi connectivity index (χ0n) is 8.06. The third-order valence-electron chi connectivity index (χ3n) is 2.07. The molecule has 0 heterocycles. The molecule has 0 bridgehead atoms. The molecule has 5 heteroatoms. The van der Waals surface area contributed by atoms with Gasteiger partial charge in [0.1, 0.15) is 0 Å². The van der Waals surface area contributed by atoms with Crippen LogP contribution in [0.1, 0.15) is 26.7 Å². The summed E-state index contributed by atoms with van der Waals surface area (Å²) in [6.45, 7) is 5.14. The van der Waals surface area contributed by atoms with Gasteiger partial charge in [-0.1, -0.05) is 23.2 Å². The van der Waals surface area contributed by atoms with Crippen molar-refractivity contribution in [1.82, 2.24) is 0 Å². The molecule has 0 aliphatic heterocycles. The third-order valence-corrected chi connectivity index (χ3v) is 6.13. The van der Waals surface area contributed by atoms with Crippen LogP contribution >= 0.6 is 23.2 Å². The Hall–Kier alpha value is 0.717. The molecule has 13 heavy (non-hydrogen) atoms. The highest BCUT2D eigenvalue weighted by atomic mass is 35.5. The van der Waals surface area contributed by atoms with E-state index in [1.54, 1.807) is 0 Å². The van der Waals surface area contributed by atoms with E-state index in [2.05, 4.69) is 0 Å². The Morgan fingerprint density at radius 1 is 1.23 bits per heavy atom. The van der Waals surface area contributed by atoms with Gasteiger partial charge < -0.3 is 8.85 Å².